The fourth-order valence-corrected chi connectivity index (χ4v) is 3.48. The van der Waals surface area contributed by atoms with Crippen molar-refractivity contribution in [1.29, 1.82) is 0 Å². The highest BCUT2D eigenvalue weighted by Gasteiger charge is 2.18. The second kappa shape index (κ2) is 6.20. The predicted molar refractivity (Wildman–Crippen MR) is 89.3 cm³/mol. The normalized spacial score (nSPS) is 15.2. The van der Waals surface area contributed by atoms with Crippen LogP contribution >= 0.6 is 27.5 Å². The SMILES string of the molecule is O=C1NCCc2ccc(C(Br)Cc3cccc(Cl)c3)cc21. The highest BCUT2D eigenvalue weighted by molar-refractivity contribution is 9.09. The second-order valence-electron chi connectivity index (χ2n) is 5.22. The van der Waals surface area contributed by atoms with Gasteiger partial charge < -0.3 is 5.32 Å². The maximum atomic E-state index is 11.9. The van der Waals surface area contributed by atoms with Gasteiger partial charge in [0.05, 0.1) is 0 Å². The molecule has 1 heterocycles. The summed E-state index contributed by atoms with van der Waals surface area (Å²) in [4.78, 5) is 12.1. The number of alkyl halides is 1. The minimum atomic E-state index is 0.0283. The highest BCUT2D eigenvalue weighted by Crippen LogP contribution is 2.30. The monoisotopic (exact) mass is 363 g/mol. The number of carbonyl (C=O) groups is 1. The summed E-state index contributed by atoms with van der Waals surface area (Å²) in [7, 11) is 0. The van der Waals surface area contributed by atoms with Crippen molar-refractivity contribution >= 4 is 33.4 Å². The van der Waals surface area contributed by atoms with Gasteiger partial charge in [0, 0.05) is 22.0 Å². The van der Waals surface area contributed by atoms with E-state index in [9.17, 15) is 4.79 Å². The summed E-state index contributed by atoms with van der Waals surface area (Å²) < 4.78 is 0. The van der Waals surface area contributed by atoms with Gasteiger partial charge in [-0.1, -0.05) is 51.8 Å². The molecule has 4 heteroatoms. The quantitative estimate of drug-likeness (QED) is 0.808. The largest absolute Gasteiger partial charge is 0.352 e. The van der Waals surface area contributed by atoms with E-state index in [2.05, 4.69) is 39.4 Å². The molecule has 0 saturated carbocycles. The van der Waals surface area contributed by atoms with Crippen LogP contribution in [0.1, 0.15) is 31.9 Å². The van der Waals surface area contributed by atoms with Gasteiger partial charge in [0.15, 0.2) is 0 Å². The van der Waals surface area contributed by atoms with Crippen LogP contribution in [-0.4, -0.2) is 12.5 Å². The standard InChI is InChI=1S/C17H15BrClNO/c18-16(9-11-2-1-3-14(19)8-11)13-5-4-12-6-7-20-17(21)15(12)10-13/h1-5,8,10,16H,6-7,9H2,(H,20,21). The smallest absolute Gasteiger partial charge is 0.251 e. The zero-order chi connectivity index (χ0) is 14.8. The third-order valence-electron chi connectivity index (χ3n) is 3.72. The number of amides is 1. The summed E-state index contributed by atoms with van der Waals surface area (Å²) in [5, 5.41) is 3.64. The van der Waals surface area contributed by atoms with E-state index in [0.717, 1.165) is 41.1 Å². The molecule has 0 aliphatic carbocycles. The zero-order valence-electron chi connectivity index (χ0n) is 11.4. The van der Waals surface area contributed by atoms with Crippen LogP contribution in [0.3, 0.4) is 0 Å². The summed E-state index contributed by atoms with van der Waals surface area (Å²) >= 11 is 9.74. The first-order valence-electron chi connectivity index (χ1n) is 6.93. The van der Waals surface area contributed by atoms with Crippen LogP contribution in [-0.2, 0) is 12.8 Å². The van der Waals surface area contributed by atoms with Crippen molar-refractivity contribution < 1.29 is 4.79 Å². The first-order valence-corrected chi connectivity index (χ1v) is 8.22. The number of rotatable bonds is 3. The molecule has 1 N–H and O–H groups in total. The summed E-state index contributed by atoms with van der Waals surface area (Å²) in [5.41, 5.74) is 4.22. The summed E-state index contributed by atoms with van der Waals surface area (Å²) in [6, 6.07) is 14.0. The third kappa shape index (κ3) is 3.30. The lowest BCUT2D eigenvalue weighted by Gasteiger charge is -2.19. The third-order valence-corrected chi connectivity index (χ3v) is 4.81. The van der Waals surface area contributed by atoms with E-state index in [0.29, 0.717) is 0 Å². The van der Waals surface area contributed by atoms with Crippen LogP contribution < -0.4 is 5.32 Å². The molecule has 0 bridgehead atoms. The molecule has 3 rings (SSSR count). The van der Waals surface area contributed by atoms with Gasteiger partial charge in [-0.3, -0.25) is 4.79 Å². The molecular formula is C17H15BrClNO. The fraction of sp³-hybridized carbons (Fsp3) is 0.235. The predicted octanol–water partition coefficient (Wildman–Crippen LogP) is 4.30. The van der Waals surface area contributed by atoms with E-state index >= 15 is 0 Å². The zero-order valence-corrected chi connectivity index (χ0v) is 13.7. The Bertz CT molecular complexity index is 686. The second-order valence-corrected chi connectivity index (χ2v) is 6.77. The van der Waals surface area contributed by atoms with Crippen LogP contribution in [0, 0.1) is 0 Å². The lowest BCUT2D eigenvalue weighted by Crippen LogP contribution is -2.31. The molecule has 1 atom stereocenters. The average molecular weight is 365 g/mol. The molecule has 2 aromatic carbocycles. The molecule has 108 valence electrons. The van der Waals surface area contributed by atoms with Crippen molar-refractivity contribution in [3.05, 3.63) is 69.7 Å². The number of carbonyl (C=O) groups excluding carboxylic acids is 1. The first-order chi connectivity index (χ1) is 10.1. The van der Waals surface area contributed by atoms with Crippen LogP contribution in [0.15, 0.2) is 42.5 Å². The van der Waals surface area contributed by atoms with Crippen molar-refractivity contribution in [2.45, 2.75) is 17.7 Å². The Kier molecular flexibility index (Phi) is 4.32. The minimum Gasteiger partial charge on any atom is -0.352 e. The Morgan fingerprint density at radius 2 is 2.10 bits per heavy atom. The lowest BCUT2D eigenvalue weighted by molar-refractivity contribution is 0.0946. The van der Waals surface area contributed by atoms with E-state index in [1.807, 2.05) is 24.3 Å². The van der Waals surface area contributed by atoms with Crippen molar-refractivity contribution in [1.82, 2.24) is 5.32 Å². The molecular weight excluding hydrogens is 350 g/mol. The minimum absolute atomic E-state index is 0.0283. The molecule has 21 heavy (non-hydrogen) atoms. The number of hydrogen-bond donors (Lipinski definition) is 1. The average Bonchev–Trinajstić information content (AvgIpc) is 2.47. The van der Waals surface area contributed by atoms with E-state index in [-0.39, 0.29) is 10.7 Å². The van der Waals surface area contributed by atoms with Gasteiger partial charge in [0.2, 0.25) is 0 Å². The summed E-state index contributed by atoms with van der Waals surface area (Å²) in [5.74, 6) is 0.0283. The number of halogens is 2. The Hall–Kier alpha value is -1.32. The highest BCUT2D eigenvalue weighted by atomic mass is 79.9. The van der Waals surface area contributed by atoms with E-state index < -0.39 is 0 Å². The molecule has 0 fully saturated rings. The summed E-state index contributed by atoms with van der Waals surface area (Å²) in [6.45, 7) is 0.728. The van der Waals surface area contributed by atoms with Gasteiger partial charge in [-0.15, -0.1) is 0 Å². The Morgan fingerprint density at radius 3 is 2.90 bits per heavy atom. The van der Waals surface area contributed by atoms with Gasteiger partial charge in [-0.25, -0.2) is 0 Å². The molecule has 1 unspecified atom stereocenters. The molecule has 1 amide bonds. The molecule has 0 aromatic heterocycles. The number of nitrogens with one attached hydrogen (secondary N) is 1. The maximum absolute atomic E-state index is 11.9. The molecule has 0 radical (unpaired) electrons. The van der Waals surface area contributed by atoms with E-state index in [4.69, 9.17) is 11.6 Å². The topological polar surface area (TPSA) is 29.1 Å². The number of hydrogen-bond acceptors (Lipinski definition) is 1. The van der Waals surface area contributed by atoms with Crippen molar-refractivity contribution in [3.63, 3.8) is 0 Å². The fourth-order valence-electron chi connectivity index (χ4n) is 2.61. The van der Waals surface area contributed by atoms with Gasteiger partial charge in [0.25, 0.3) is 5.91 Å². The van der Waals surface area contributed by atoms with Crippen molar-refractivity contribution in [3.8, 4) is 0 Å². The molecule has 0 spiro atoms. The molecule has 2 aromatic rings. The van der Waals surface area contributed by atoms with Crippen molar-refractivity contribution in [2.24, 2.45) is 0 Å². The Labute approximate surface area is 137 Å². The van der Waals surface area contributed by atoms with Crippen molar-refractivity contribution in [2.75, 3.05) is 6.54 Å². The van der Waals surface area contributed by atoms with Crippen LogP contribution in [0.5, 0.6) is 0 Å². The number of fused-ring (bicyclic) bond motifs is 1. The van der Waals surface area contributed by atoms with E-state index in [1.165, 1.54) is 5.56 Å². The maximum Gasteiger partial charge on any atom is 0.251 e. The molecule has 0 saturated heterocycles. The number of benzene rings is 2. The molecule has 1 aliphatic heterocycles. The van der Waals surface area contributed by atoms with Crippen LogP contribution in [0.25, 0.3) is 0 Å². The summed E-state index contributed by atoms with van der Waals surface area (Å²) in [6.07, 6.45) is 1.74. The van der Waals surface area contributed by atoms with Gasteiger partial charge in [0.1, 0.15) is 0 Å². The first kappa shape index (κ1) is 14.6. The van der Waals surface area contributed by atoms with Gasteiger partial charge in [-0.05, 0) is 47.7 Å². The van der Waals surface area contributed by atoms with Crippen LogP contribution in [0.2, 0.25) is 5.02 Å². The Balaban J connectivity index is 1.83. The van der Waals surface area contributed by atoms with Gasteiger partial charge >= 0.3 is 0 Å². The van der Waals surface area contributed by atoms with Gasteiger partial charge in [-0.2, -0.15) is 0 Å². The lowest BCUT2D eigenvalue weighted by atomic mass is 9.95. The molecule has 1 aliphatic rings. The Morgan fingerprint density at radius 1 is 1.24 bits per heavy atom. The van der Waals surface area contributed by atoms with E-state index in [1.54, 1.807) is 0 Å². The van der Waals surface area contributed by atoms with Crippen LogP contribution in [0.4, 0.5) is 0 Å². The molecule has 2 nitrogen and oxygen atoms in total.